The molecule has 0 fully saturated rings. The second-order valence-corrected chi connectivity index (χ2v) is 6.67. The number of aromatic nitrogens is 1. The van der Waals surface area contributed by atoms with Crippen LogP contribution in [0.1, 0.15) is 6.92 Å². The molecule has 1 N–H and O–H groups in total. The van der Waals surface area contributed by atoms with Gasteiger partial charge in [0.2, 0.25) is 5.91 Å². The summed E-state index contributed by atoms with van der Waals surface area (Å²) in [4.78, 5) is 17.2. The number of benzene rings is 1. The van der Waals surface area contributed by atoms with Crippen LogP contribution in [0.3, 0.4) is 0 Å². The smallest absolute Gasteiger partial charge is 0.238 e. The molecule has 0 aliphatic carbocycles. The summed E-state index contributed by atoms with van der Waals surface area (Å²) in [5, 5.41) is 3.12. The normalized spacial score (nSPS) is 11.8. The van der Waals surface area contributed by atoms with Crippen LogP contribution in [-0.4, -0.2) is 23.3 Å². The first kappa shape index (κ1) is 16.9. The van der Waals surface area contributed by atoms with Gasteiger partial charge in [0, 0.05) is 11.1 Å². The summed E-state index contributed by atoms with van der Waals surface area (Å²) in [6, 6.07) is 9.05. The van der Waals surface area contributed by atoms with E-state index in [2.05, 4.69) is 10.3 Å². The Morgan fingerprint density at radius 1 is 1.32 bits per heavy atom. The van der Waals surface area contributed by atoms with Crippen LogP contribution >= 0.6 is 35.0 Å². The zero-order valence-corrected chi connectivity index (χ0v) is 14.3. The van der Waals surface area contributed by atoms with E-state index in [1.54, 1.807) is 7.11 Å². The third-order valence-electron chi connectivity index (χ3n) is 2.79. The van der Waals surface area contributed by atoms with Gasteiger partial charge in [-0.05, 0) is 37.3 Å². The predicted octanol–water partition coefficient (Wildman–Crippen LogP) is 4.52. The van der Waals surface area contributed by atoms with E-state index < -0.39 is 0 Å². The van der Waals surface area contributed by atoms with Crippen LogP contribution in [0.2, 0.25) is 10.0 Å². The summed E-state index contributed by atoms with van der Waals surface area (Å²) in [5.74, 6) is 0.898. The van der Waals surface area contributed by atoms with E-state index >= 15 is 0 Å². The van der Waals surface area contributed by atoms with Gasteiger partial charge in [-0.25, -0.2) is 4.98 Å². The van der Waals surface area contributed by atoms with Crippen molar-refractivity contribution < 1.29 is 9.53 Å². The maximum Gasteiger partial charge on any atom is 0.238 e. The fraction of sp³-hybridized carbons (Fsp3) is 0.200. The Balaban J connectivity index is 1.99. The molecule has 0 radical (unpaired) electrons. The number of ether oxygens (including phenoxy) is 1. The van der Waals surface area contributed by atoms with Crippen molar-refractivity contribution in [2.75, 3.05) is 12.4 Å². The summed E-state index contributed by atoms with van der Waals surface area (Å²) in [7, 11) is 1.61. The molecule has 0 bridgehead atoms. The summed E-state index contributed by atoms with van der Waals surface area (Å²) < 4.78 is 5.10. The highest BCUT2D eigenvalue weighted by atomic mass is 35.5. The number of carbonyl (C=O) groups excluding carboxylic acids is 1. The molecule has 7 heteroatoms. The predicted molar refractivity (Wildman–Crippen MR) is 91.2 cm³/mol. The lowest BCUT2D eigenvalue weighted by atomic mass is 10.3. The Morgan fingerprint density at radius 3 is 2.59 bits per heavy atom. The number of halogens is 2. The van der Waals surface area contributed by atoms with Crippen LogP contribution in [0.25, 0.3) is 0 Å². The standard InChI is InChI=1S/C15H14Cl2N2O2S/c1-9(22-12-5-3-11(21-2)4-6-12)15(20)19-14-13(17)7-10(16)8-18-14/h3-9H,1-2H3,(H,18,19,20). The van der Waals surface area contributed by atoms with E-state index in [9.17, 15) is 4.79 Å². The molecule has 1 amide bonds. The molecular formula is C15H14Cl2N2O2S. The molecule has 22 heavy (non-hydrogen) atoms. The lowest BCUT2D eigenvalue weighted by Gasteiger charge is -2.12. The first-order chi connectivity index (χ1) is 10.5. The lowest BCUT2D eigenvalue weighted by Crippen LogP contribution is -2.23. The number of thioether (sulfide) groups is 1. The maximum absolute atomic E-state index is 12.2. The average Bonchev–Trinajstić information content (AvgIpc) is 2.50. The molecule has 0 spiro atoms. The Morgan fingerprint density at radius 2 is 2.00 bits per heavy atom. The van der Waals surface area contributed by atoms with Crippen molar-refractivity contribution in [2.24, 2.45) is 0 Å². The van der Waals surface area contributed by atoms with Crippen LogP contribution in [0.15, 0.2) is 41.4 Å². The van der Waals surface area contributed by atoms with Gasteiger partial charge in [-0.2, -0.15) is 0 Å². The second-order valence-electron chi connectivity index (χ2n) is 4.41. The first-order valence-corrected chi connectivity index (χ1v) is 8.06. The molecule has 1 atom stereocenters. The van der Waals surface area contributed by atoms with Gasteiger partial charge >= 0.3 is 0 Å². The van der Waals surface area contributed by atoms with Crippen molar-refractivity contribution in [3.05, 3.63) is 46.6 Å². The summed E-state index contributed by atoms with van der Waals surface area (Å²) >= 11 is 13.2. The van der Waals surface area contributed by atoms with Gasteiger partial charge in [0.25, 0.3) is 0 Å². The van der Waals surface area contributed by atoms with Crippen molar-refractivity contribution in [2.45, 2.75) is 17.1 Å². The van der Waals surface area contributed by atoms with E-state index in [1.807, 2.05) is 31.2 Å². The number of hydrogen-bond acceptors (Lipinski definition) is 4. The number of anilines is 1. The van der Waals surface area contributed by atoms with Crippen molar-refractivity contribution in [1.29, 1.82) is 0 Å². The van der Waals surface area contributed by atoms with E-state index in [1.165, 1.54) is 24.0 Å². The molecule has 0 aliphatic rings. The van der Waals surface area contributed by atoms with Crippen LogP contribution in [0.5, 0.6) is 5.75 Å². The molecule has 4 nitrogen and oxygen atoms in total. The number of carbonyl (C=O) groups is 1. The molecule has 1 heterocycles. The van der Waals surface area contributed by atoms with Crippen LogP contribution in [-0.2, 0) is 4.79 Å². The van der Waals surface area contributed by atoms with Gasteiger partial charge in [-0.1, -0.05) is 23.2 Å². The molecule has 1 unspecified atom stereocenters. The maximum atomic E-state index is 12.2. The Labute approximate surface area is 143 Å². The molecule has 0 saturated heterocycles. The van der Waals surface area contributed by atoms with Crippen molar-refractivity contribution >= 4 is 46.7 Å². The molecule has 1 aromatic heterocycles. The Hall–Kier alpha value is -1.43. The minimum absolute atomic E-state index is 0.183. The minimum atomic E-state index is -0.304. The number of rotatable bonds is 5. The van der Waals surface area contributed by atoms with Gasteiger partial charge < -0.3 is 10.1 Å². The quantitative estimate of drug-likeness (QED) is 0.800. The van der Waals surface area contributed by atoms with E-state index in [0.717, 1.165) is 10.6 Å². The molecule has 0 aliphatic heterocycles. The monoisotopic (exact) mass is 356 g/mol. The molecular weight excluding hydrogens is 343 g/mol. The number of hydrogen-bond donors (Lipinski definition) is 1. The van der Waals surface area contributed by atoms with Crippen molar-refractivity contribution in [3.63, 3.8) is 0 Å². The molecule has 2 rings (SSSR count). The van der Waals surface area contributed by atoms with Gasteiger partial charge in [0.15, 0.2) is 5.82 Å². The topological polar surface area (TPSA) is 51.2 Å². The molecule has 1 aromatic carbocycles. The Kier molecular flexibility index (Phi) is 5.94. The number of nitrogens with zero attached hydrogens (tertiary/aromatic N) is 1. The fourth-order valence-electron chi connectivity index (χ4n) is 1.64. The Bertz CT molecular complexity index is 665. The third-order valence-corrected chi connectivity index (χ3v) is 4.40. The van der Waals surface area contributed by atoms with Gasteiger partial charge in [0.1, 0.15) is 5.75 Å². The number of pyridine rings is 1. The summed E-state index contributed by atoms with van der Waals surface area (Å²) in [5.41, 5.74) is 0. The van der Waals surface area contributed by atoms with E-state index in [4.69, 9.17) is 27.9 Å². The second kappa shape index (κ2) is 7.72. The average molecular weight is 357 g/mol. The van der Waals surface area contributed by atoms with Crippen LogP contribution < -0.4 is 10.1 Å². The van der Waals surface area contributed by atoms with E-state index in [-0.39, 0.29) is 11.2 Å². The number of nitrogens with one attached hydrogen (secondary N) is 1. The molecule has 116 valence electrons. The molecule has 0 saturated carbocycles. The minimum Gasteiger partial charge on any atom is -0.497 e. The van der Waals surface area contributed by atoms with E-state index in [0.29, 0.717) is 15.9 Å². The SMILES string of the molecule is COc1ccc(SC(C)C(=O)Nc2ncc(Cl)cc2Cl)cc1. The van der Waals surface area contributed by atoms with Gasteiger partial charge in [-0.3, -0.25) is 4.79 Å². The van der Waals surface area contributed by atoms with Crippen LogP contribution in [0.4, 0.5) is 5.82 Å². The highest BCUT2D eigenvalue weighted by molar-refractivity contribution is 8.00. The number of amides is 1. The van der Waals surface area contributed by atoms with Crippen LogP contribution in [0, 0.1) is 0 Å². The zero-order valence-electron chi connectivity index (χ0n) is 12.0. The van der Waals surface area contributed by atoms with Gasteiger partial charge in [-0.15, -0.1) is 11.8 Å². The first-order valence-electron chi connectivity index (χ1n) is 6.42. The zero-order chi connectivity index (χ0) is 16.1. The summed E-state index contributed by atoms with van der Waals surface area (Å²) in [6.45, 7) is 1.81. The van der Waals surface area contributed by atoms with Crippen molar-refractivity contribution in [1.82, 2.24) is 4.98 Å². The fourth-order valence-corrected chi connectivity index (χ4v) is 2.93. The van der Waals surface area contributed by atoms with Crippen molar-refractivity contribution in [3.8, 4) is 5.75 Å². The largest absolute Gasteiger partial charge is 0.497 e. The summed E-state index contributed by atoms with van der Waals surface area (Å²) in [6.07, 6.45) is 1.43. The van der Waals surface area contributed by atoms with Gasteiger partial charge in [0.05, 0.1) is 22.4 Å². The third kappa shape index (κ3) is 4.53. The highest BCUT2D eigenvalue weighted by Gasteiger charge is 2.16. The lowest BCUT2D eigenvalue weighted by molar-refractivity contribution is -0.115. The number of methoxy groups -OCH3 is 1. The highest BCUT2D eigenvalue weighted by Crippen LogP contribution is 2.27. The molecule has 2 aromatic rings.